The van der Waals surface area contributed by atoms with Crippen LogP contribution in [0.1, 0.15) is 43.9 Å². The summed E-state index contributed by atoms with van der Waals surface area (Å²) in [5.74, 6) is 0. The molecule has 1 aromatic carbocycles. The van der Waals surface area contributed by atoms with Gasteiger partial charge in [0, 0.05) is 0 Å². The fourth-order valence-corrected chi connectivity index (χ4v) is 3.15. The molecular formula is C15H21N3O2S. The molecule has 0 aliphatic rings. The summed E-state index contributed by atoms with van der Waals surface area (Å²) in [4.78, 5) is 0.232. The van der Waals surface area contributed by atoms with E-state index >= 15 is 0 Å². The summed E-state index contributed by atoms with van der Waals surface area (Å²) >= 11 is 0. The number of hydrogen-bond acceptors (Lipinski definition) is 4. The van der Waals surface area contributed by atoms with Crippen molar-refractivity contribution in [1.82, 2.24) is 14.4 Å². The maximum Gasteiger partial charge on any atom is 0.284 e. The molecule has 5 nitrogen and oxygen atoms in total. The quantitative estimate of drug-likeness (QED) is 0.738. The topological polar surface area (TPSA) is 64.8 Å². The van der Waals surface area contributed by atoms with Gasteiger partial charge in [0.25, 0.3) is 10.0 Å². The third-order valence-electron chi connectivity index (χ3n) is 3.37. The van der Waals surface area contributed by atoms with E-state index in [2.05, 4.69) is 17.2 Å². The smallest absolute Gasteiger partial charge is 0.199 e. The summed E-state index contributed by atoms with van der Waals surface area (Å²) in [5.41, 5.74) is 1.74. The number of rotatable bonds is 7. The van der Waals surface area contributed by atoms with Crippen LogP contribution >= 0.6 is 0 Å². The molecule has 0 fully saturated rings. The molecule has 0 atom stereocenters. The van der Waals surface area contributed by atoms with Gasteiger partial charge in [-0.3, -0.25) is 0 Å². The van der Waals surface area contributed by atoms with E-state index in [1.54, 1.807) is 24.3 Å². The molecule has 0 aliphatic carbocycles. The van der Waals surface area contributed by atoms with Gasteiger partial charge in [-0.05, 0) is 31.9 Å². The van der Waals surface area contributed by atoms with Crippen molar-refractivity contribution in [3.05, 3.63) is 41.7 Å². The van der Waals surface area contributed by atoms with E-state index in [-0.39, 0.29) is 4.90 Å². The summed E-state index contributed by atoms with van der Waals surface area (Å²) in [6.45, 7) is 4.07. The number of benzene rings is 1. The minimum Gasteiger partial charge on any atom is -0.199 e. The lowest BCUT2D eigenvalue weighted by molar-refractivity contribution is 0.577. The van der Waals surface area contributed by atoms with E-state index < -0.39 is 10.0 Å². The van der Waals surface area contributed by atoms with Crippen LogP contribution in [0, 0.1) is 6.92 Å². The number of hydrogen-bond donors (Lipinski definition) is 0. The highest BCUT2D eigenvalue weighted by atomic mass is 32.2. The SMILES string of the molecule is CCCCCCc1cn(S(=O)(=O)c2ccc(C)cc2)nn1. The maximum atomic E-state index is 12.4. The minimum absolute atomic E-state index is 0.232. The van der Waals surface area contributed by atoms with Gasteiger partial charge in [0.2, 0.25) is 0 Å². The molecule has 0 saturated heterocycles. The Hall–Kier alpha value is -1.69. The fourth-order valence-electron chi connectivity index (χ4n) is 2.06. The second-order valence-electron chi connectivity index (χ2n) is 5.21. The average molecular weight is 307 g/mol. The van der Waals surface area contributed by atoms with Crippen molar-refractivity contribution in [2.45, 2.75) is 50.8 Å². The zero-order chi connectivity index (χ0) is 15.3. The number of unbranched alkanes of at least 4 members (excludes halogenated alkanes) is 3. The first-order valence-corrected chi connectivity index (χ1v) is 8.71. The van der Waals surface area contributed by atoms with Gasteiger partial charge in [-0.15, -0.1) is 9.19 Å². The first-order chi connectivity index (χ1) is 10.0. The van der Waals surface area contributed by atoms with E-state index in [9.17, 15) is 8.42 Å². The van der Waals surface area contributed by atoms with Crippen molar-refractivity contribution >= 4 is 10.0 Å². The maximum absolute atomic E-state index is 12.4. The summed E-state index contributed by atoms with van der Waals surface area (Å²) in [5, 5.41) is 7.72. The molecule has 2 rings (SSSR count). The highest BCUT2D eigenvalue weighted by Gasteiger charge is 2.18. The van der Waals surface area contributed by atoms with Gasteiger partial charge in [0.1, 0.15) is 0 Å². The Kier molecular flexibility index (Phi) is 5.12. The van der Waals surface area contributed by atoms with Gasteiger partial charge in [-0.2, -0.15) is 8.42 Å². The van der Waals surface area contributed by atoms with Gasteiger partial charge in [0.05, 0.1) is 16.8 Å². The molecular weight excluding hydrogens is 286 g/mol. The van der Waals surface area contributed by atoms with Crippen LogP contribution in [-0.2, 0) is 16.4 Å². The largest absolute Gasteiger partial charge is 0.284 e. The van der Waals surface area contributed by atoms with E-state index in [1.807, 2.05) is 6.92 Å². The van der Waals surface area contributed by atoms with Crippen molar-refractivity contribution in [3.8, 4) is 0 Å². The van der Waals surface area contributed by atoms with Gasteiger partial charge < -0.3 is 0 Å². The lowest BCUT2D eigenvalue weighted by Crippen LogP contribution is -2.13. The number of aryl methyl sites for hydroxylation is 2. The van der Waals surface area contributed by atoms with E-state index in [0.29, 0.717) is 0 Å². The molecule has 0 aliphatic heterocycles. The molecule has 6 heteroatoms. The highest BCUT2D eigenvalue weighted by molar-refractivity contribution is 7.89. The van der Waals surface area contributed by atoms with Crippen molar-refractivity contribution in [2.75, 3.05) is 0 Å². The van der Waals surface area contributed by atoms with Gasteiger partial charge in [0.15, 0.2) is 0 Å². The summed E-state index contributed by atoms with van der Waals surface area (Å²) < 4.78 is 25.8. The average Bonchev–Trinajstić information content (AvgIpc) is 2.94. The Bertz CT molecular complexity index is 675. The molecule has 1 heterocycles. The monoisotopic (exact) mass is 307 g/mol. The Morgan fingerprint density at radius 2 is 1.81 bits per heavy atom. The Labute approximate surface area is 126 Å². The number of aromatic nitrogens is 3. The Morgan fingerprint density at radius 1 is 1.10 bits per heavy atom. The van der Waals surface area contributed by atoms with Gasteiger partial charge in [-0.25, -0.2) is 0 Å². The highest BCUT2D eigenvalue weighted by Crippen LogP contribution is 2.14. The molecule has 114 valence electrons. The zero-order valence-corrected chi connectivity index (χ0v) is 13.3. The second-order valence-corrected chi connectivity index (χ2v) is 7.01. The van der Waals surface area contributed by atoms with Crippen LogP contribution in [0.15, 0.2) is 35.4 Å². The molecule has 0 unspecified atom stereocenters. The van der Waals surface area contributed by atoms with Crippen LogP contribution < -0.4 is 0 Å². The van der Waals surface area contributed by atoms with Crippen molar-refractivity contribution < 1.29 is 8.42 Å². The lowest BCUT2D eigenvalue weighted by atomic mass is 10.1. The van der Waals surface area contributed by atoms with Gasteiger partial charge in [-0.1, -0.05) is 49.1 Å². The van der Waals surface area contributed by atoms with E-state index in [1.165, 1.54) is 19.0 Å². The van der Waals surface area contributed by atoms with Crippen molar-refractivity contribution in [2.24, 2.45) is 0 Å². The summed E-state index contributed by atoms with van der Waals surface area (Å²) in [6.07, 6.45) is 6.79. The third-order valence-corrected chi connectivity index (χ3v) is 4.91. The van der Waals surface area contributed by atoms with Crippen molar-refractivity contribution in [3.63, 3.8) is 0 Å². The van der Waals surface area contributed by atoms with Crippen LogP contribution in [0.5, 0.6) is 0 Å². The molecule has 0 N–H and O–H groups in total. The molecule has 2 aromatic rings. The first kappa shape index (κ1) is 15.7. The second kappa shape index (κ2) is 6.85. The predicted molar refractivity (Wildman–Crippen MR) is 81.6 cm³/mol. The third kappa shape index (κ3) is 3.91. The predicted octanol–water partition coefficient (Wildman–Crippen LogP) is 2.95. The molecule has 0 amide bonds. The summed E-state index contributed by atoms with van der Waals surface area (Å²) in [6, 6.07) is 6.73. The first-order valence-electron chi connectivity index (χ1n) is 7.27. The molecule has 0 spiro atoms. The minimum atomic E-state index is -3.63. The van der Waals surface area contributed by atoms with Crippen molar-refractivity contribution in [1.29, 1.82) is 0 Å². The van der Waals surface area contributed by atoms with E-state index in [0.717, 1.165) is 34.6 Å². The van der Waals surface area contributed by atoms with Crippen LogP contribution in [-0.4, -0.2) is 22.8 Å². The molecule has 0 bridgehead atoms. The van der Waals surface area contributed by atoms with Gasteiger partial charge >= 0.3 is 0 Å². The molecule has 0 radical (unpaired) electrons. The van der Waals surface area contributed by atoms with Crippen LogP contribution in [0.3, 0.4) is 0 Å². The van der Waals surface area contributed by atoms with Crippen LogP contribution in [0.25, 0.3) is 0 Å². The standard InChI is InChI=1S/C15H21N3O2S/c1-3-4-5-6-7-14-12-18(17-16-14)21(19,20)15-10-8-13(2)9-11-15/h8-12H,3-7H2,1-2H3. The summed E-state index contributed by atoms with van der Waals surface area (Å²) in [7, 11) is -3.63. The molecule has 1 aromatic heterocycles. The molecule has 21 heavy (non-hydrogen) atoms. The fraction of sp³-hybridized carbons (Fsp3) is 0.467. The van der Waals surface area contributed by atoms with Crippen LogP contribution in [0.4, 0.5) is 0 Å². The Balaban J connectivity index is 2.10. The Morgan fingerprint density at radius 3 is 2.48 bits per heavy atom. The lowest BCUT2D eigenvalue weighted by Gasteiger charge is -2.03. The zero-order valence-electron chi connectivity index (χ0n) is 12.5. The molecule has 0 saturated carbocycles. The van der Waals surface area contributed by atoms with E-state index in [4.69, 9.17) is 0 Å². The normalized spacial score (nSPS) is 11.7. The number of nitrogens with zero attached hydrogens (tertiary/aromatic N) is 3. The van der Waals surface area contributed by atoms with Crippen LogP contribution in [0.2, 0.25) is 0 Å².